The Bertz CT molecular complexity index is 606. The van der Waals surface area contributed by atoms with Crippen molar-refractivity contribution >= 4 is 5.91 Å². The summed E-state index contributed by atoms with van der Waals surface area (Å²) in [6, 6.07) is 4.83. The Labute approximate surface area is 111 Å². The third-order valence-electron chi connectivity index (χ3n) is 2.95. The van der Waals surface area contributed by atoms with Crippen molar-refractivity contribution in [1.29, 1.82) is 0 Å². The number of carbonyl (C=O) groups is 1. The van der Waals surface area contributed by atoms with Crippen LogP contribution in [0.15, 0.2) is 30.6 Å². The summed E-state index contributed by atoms with van der Waals surface area (Å²) in [5.74, 6) is -0.782. The molecule has 0 aliphatic rings. The van der Waals surface area contributed by atoms with Crippen LogP contribution >= 0.6 is 0 Å². The van der Waals surface area contributed by atoms with Crippen molar-refractivity contribution in [3.05, 3.63) is 53.1 Å². The van der Waals surface area contributed by atoms with Gasteiger partial charge in [0.05, 0.1) is 11.8 Å². The number of rotatable bonds is 3. The molecular weight excluding hydrogens is 245 g/mol. The Balaban J connectivity index is 2.17. The van der Waals surface area contributed by atoms with Gasteiger partial charge in [-0.05, 0) is 18.6 Å². The quantitative estimate of drug-likeness (QED) is 0.849. The van der Waals surface area contributed by atoms with E-state index in [4.69, 9.17) is 0 Å². The first-order valence-corrected chi connectivity index (χ1v) is 5.97. The number of hydrogen-bond acceptors (Lipinski definition) is 2. The van der Waals surface area contributed by atoms with E-state index in [1.54, 1.807) is 37.0 Å². The minimum atomic E-state index is -0.453. The first kappa shape index (κ1) is 13.3. The molecule has 1 heterocycles. The van der Waals surface area contributed by atoms with E-state index in [9.17, 15) is 9.18 Å². The summed E-state index contributed by atoms with van der Waals surface area (Å²) in [5, 5.41) is 4.04. The van der Waals surface area contributed by atoms with Crippen LogP contribution in [0.1, 0.15) is 21.5 Å². The lowest BCUT2D eigenvalue weighted by atomic mass is 10.1. The van der Waals surface area contributed by atoms with Gasteiger partial charge in [0, 0.05) is 32.4 Å². The standard InChI is InChI=1S/C14H16FN3O/c1-10-5-4-6-12(13(10)15)14(19)17(2)8-11-7-16-18(3)9-11/h4-7,9H,8H2,1-3H3. The maximum atomic E-state index is 13.9. The predicted molar refractivity (Wildman–Crippen MR) is 70.1 cm³/mol. The Hall–Kier alpha value is -2.17. The molecule has 0 N–H and O–H groups in total. The molecule has 4 nitrogen and oxygen atoms in total. The summed E-state index contributed by atoms with van der Waals surface area (Å²) >= 11 is 0. The van der Waals surface area contributed by atoms with Gasteiger partial charge in [0.25, 0.3) is 5.91 Å². The molecule has 0 unspecified atom stereocenters. The summed E-state index contributed by atoms with van der Waals surface area (Å²) in [6.07, 6.45) is 3.52. The zero-order valence-electron chi connectivity index (χ0n) is 11.2. The monoisotopic (exact) mass is 261 g/mol. The number of aryl methyl sites for hydroxylation is 2. The third kappa shape index (κ3) is 2.81. The van der Waals surface area contributed by atoms with Gasteiger partial charge in [-0.25, -0.2) is 4.39 Å². The Morgan fingerprint density at radius 2 is 2.21 bits per heavy atom. The Morgan fingerprint density at radius 3 is 2.84 bits per heavy atom. The maximum absolute atomic E-state index is 13.9. The van der Waals surface area contributed by atoms with Crippen LogP contribution in [0.2, 0.25) is 0 Å². The molecule has 0 aliphatic heterocycles. The summed E-state index contributed by atoms with van der Waals surface area (Å²) in [7, 11) is 3.46. The SMILES string of the molecule is Cc1cccc(C(=O)N(C)Cc2cnn(C)c2)c1F. The zero-order valence-corrected chi connectivity index (χ0v) is 11.2. The van der Waals surface area contributed by atoms with E-state index < -0.39 is 5.82 Å². The second-order valence-electron chi connectivity index (χ2n) is 4.62. The van der Waals surface area contributed by atoms with E-state index in [0.29, 0.717) is 12.1 Å². The highest BCUT2D eigenvalue weighted by Gasteiger charge is 2.17. The lowest BCUT2D eigenvalue weighted by molar-refractivity contribution is 0.0780. The van der Waals surface area contributed by atoms with Gasteiger partial charge < -0.3 is 4.90 Å². The fourth-order valence-electron chi connectivity index (χ4n) is 1.92. The summed E-state index contributed by atoms with van der Waals surface area (Å²) in [5.41, 5.74) is 1.48. The maximum Gasteiger partial charge on any atom is 0.256 e. The van der Waals surface area contributed by atoms with Crippen molar-refractivity contribution in [3.63, 3.8) is 0 Å². The average molecular weight is 261 g/mol. The van der Waals surface area contributed by atoms with E-state index in [1.165, 1.54) is 11.0 Å². The molecule has 100 valence electrons. The van der Waals surface area contributed by atoms with Gasteiger partial charge in [0.2, 0.25) is 0 Å². The molecule has 0 fully saturated rings. The molecule has 1 amide bonds. The first-order valence-electron chi connectivity index (χ1n) is 5.97. The van der Waals surface area contributed by atoms with Gasteiger partial charge in [0.15, 0.2) is 0 Å². The molecule has 5 heteroatoms. The lowest BCUT2D eigenvalue weighted by Gasteiger charge is -2.17. The highest BCUT2D eigenvalue weighted by Crippen LogP contribution is 2.14. The highest BCUT2D eigenvalue weighted by atomic mass is 19.1. The van der Waals surface area contributed by atoms with E-state index in [0.717, 1.165) is 5.56 Å². The molecule has 0 aliphatic carbocycles. The Morgan fingerprint density at radius 1 is 1.47 bits per heavy atom. The molecule has 0 spiro atoms. The van der Waals surface area contributed by atoms with Crippen molar-refractivity contribution < 1.29 is 9.18 Å². The van der Waals surface area contributed by atoms with Crippen molar-refractivity contribution in [2.45, 2.75) is 13.5 Å². The number of amides is 1. The minimum Gasteiger partial charge on any atom is -0.337 e. The Kier molecular flexibility index (Phi) is 3.64. The molecule has 0 atom stereocenters. The van der Waals surface area contributed by atoms with Crippen molar-refractivity contribution in [1.82, 2.24) is 14.7 Å². The van der Waals surface area contributed by atoms with Gasteiger partial charge >= 0.3 is 0 Å². The average Bonchev–Trinajstić information content (AvgIpc) is 2.77. The zero-order chi connectivity index (χ0) is 14.0. The van der Waals surface area contributed by atoms with Crippen LogP contribution in [0.5, 0.6) is 0 Å². The largest absolute Gasteiger partial charge is 0.337 e. The normalized spacial score (nSPS) is 10.5. The summed E-state index contributed by atoms with van der Waals surface area (Å²) < 4.78 is 15.6. The summed E-state index contributed by atoms with van der Waals surface area (Å²) in [6.45, 7) is 2.05. The molecule has 19 heavy (non-hydrogen) atoms. The summed E-state index contributed by atoms with van der Waals surface area (Å²) in [4.78, 5) is 13.7. The third-order valence-corrected chi connectivity index (χ3v) is 2.95. The van der Waals surface area contributed by atoms with Gasteiger partial charge in [-0.1, -0.05) is 12.1 Å². The molecule has 0 saturated heterocycles. The first-order chi connectivity index (χ1) is 8.99. The van der Waals surface area contributed by atoms with Crippen LogP contribution in [0.3, 0.4) is 0 Å². The molecular formula is C14H16FN3O. The van der Waals surface area contributed by atoms with Crippen LogP contribution in [-0.2, 0) is 13.6 Å². The van der Waals surface area contributed by atoms with Gasteiger partial charge in [-0.2, -0.15) is 5.10 Å². The van der Waals surface area contributed by atoms with E-state index in [2.05, 4.69) is 5.10 Å². The van der Waals surface area contributed by atoms with Crippen molar-refractivity contribution in [2.75, 3.05) is 7.05 Å². The van der Waals surface area contributed by atoms with Crippen molar-refractivity contribution in [3.8, 4) is 0 Å². The van der Waals surface area contributed by atoms with E-state index in [-0.39, 0.29) is 11.5 Å². The fourth-order valence-corrected chi connectivity index (χ4v) is 1.92. The van der Waals surface area contributed by atoms with Gasteiger partial charge in [-0.15, -0.1) is 0 Å². The number of nitrogens with zero attached hydrogens (tertiary/aromatic N) is 3. The highest BCUT2D eigenvalue weighted by molar-refractivity contribution is 5.94. The predicted octanol–water partition coefficient (Wildman–Crippen LogP) is 2.14. The molecule has 0 saturated carbocycles. The molecule has 1 aromatic heterocycles. The lowest BCUT2D eigenvalue weighted by Crippen LogP contribution is -2.27. The molecule has 2 aromatic rings. The van der Waals surface area contributed by atoms with Gasteiger partial charge in [0.1, 0.15) is 5.82 Å². The molecule has 1 aromatic carbocycles. The van der Waals surface area contributed by atoms with Crippen LogP contribution in [0.4, 0.5) is 4.39 Å². The van der Waals surface area contributed by atoms with E-state index in [1.807, 2.05) is 13.2 Å². The number of halogens is 1. The number of benzene rings is 1. The topological polar surface area (TPSA) is 38.1 Å². The molecule has 0 bridgehead atoms. The van der Waals surface area contributed by atoms with Gasteiger partial charge in [-0.3, -0.25) is 9.48 Å². The van der Waals surface area contributed by atoms with E-state index >= 15 is 0 Å². The molecule has 2 rings (SSSR count). The van der Waals surface area contributed by atoms with Crippen LogP contribution in [0.25, 0.3) is 0 Å². The number of carbonyl (C=O) groups excluding carboxylic acids is 1. The van der Waals surface area contributed by atoms with Crippen LogP contribution in [0, 0.1) is 12.7 Å². The van der Waals surface area contributed by atoms with Crippen molar-refractivity contribution in [2.24, 2.45) is 7.05 Å². The smallest absolute Gasteiger partial charge is 0.256 e. The van der Waals surface area contributed by atoms with Crippen LogP contribution in [-0.4, -0.2) is 27.6 Å². The van der Waals surface area contributed by atoms with Crippen LogP contribution < -0.4 is 0 Å². The minimum absolute atomic E-state index is 0.103. The number of aromatic nitrogens is 2. The second-order valence-corrected chi connectivity index (χ2v) is 4.62. The fraction of sp³-hybridized carbons (Fsp3) is 0.286. The number of hydrogen-bond donors (Lipinski definition) is 0. The second kappa shape index (κ2) is 5.22. The molecule has 0 radical (unpaired) electrons.